The maximum Gasteiger partial charge on any atom is 0.310 e. The number of esters is 1. The van der Waals surface area contributed by atoms with Crippen molar-refractivity contribution in [3.63, 3.8) is 0 Å². The SMILES string of the molecule is COC(=O)C1CC1(C#N)c1ccc(C#N)cc1. The minimum atomic E-state index is -0.763. The molecule has 0 bridgehead atoms. The first-order valence-electron chi connectivity index (χ1n) is 5.17. The Bertz CT molecular complexity index is 536. The number of hydrogen-bond donors (Lipinski definition) is 0. The largest absolute Gasteiger partial charge is 0.469 e. The highest BCUT2D eigenvalue weighted by atomic mass is 16.5. The Hall–Kier alpha value is -2.33. The molecule has 0 saturated heterocycles. The molecule has 0 spiro atoms. The molecule has 1 aromatic carbocycles. The summed E-state index contributed by atoms with van der Waals surface area (Å²) >= 11 is 0. The van der Waals surface area contributed by atoms with Gasteiger partial charge in [0.25, 0.3) is 0 Å². The summed E-state index contributed by atoms with van der Waals surface area (Å²) < 4.78 is 4.66. The monoisotopic (exact) mass is 226 g/mol. The molecule has 0 radical (unpaired) electrons. The molecular weight excluding hydrogens is 216 g/mol. The Labute approximate surface area is 99.0 Å². The summed E-state index contributed by atoms with van der Waals surface area (Å²) in [6.45, 7) is 0. The second kappa shape index (κ2) is 3.92. The van der Waals surface area contributed by atoms with Crippen LogP contribution in [0.4, 0.5) is 0 Å². The summed E-state index contributed by atoms with van der Waals surface area (Å²) in [5.41, 5.74) is 0.549. The first kappa shape index (κ1) is 11.2. The smallest absolute Gasteiger partial charge is 0.310 e. The molecule has 4 heteroatoms. The van der Waals surface area contributed by atoms with Crippen LogP contribution in [0.15, 0.2) is 24.3 Å². The summed E-state index contributed by atoms with van der Waals surface area (Å²) in [5, 5.41) is 17.9. The predicted molar refractivity (Wildman–Crippen MR) is 58.6 cm³/mol. The van der Waals surface area contributed by atoms with Crippen molar-refractivity contribution in [3.8, 4) is 12.1 Å². The van der Waals surface area contributed by atoms with Gasteiger partial charge in [0.2, 0.25) is 0 Å². The standard InChI is InChI=1S/C13H10N2O2/c1-17-12(16)11-6-13(11,8-15)10-4-2-9(7-14)3-5-10/h2-5,11H,6H2,1H3. The molecule has 2 rings (SSSR count). The molecule has 0 aliphatic heterocycles. The van der Waals surface area contributed by atoms with E-state index in [2.05, 4.69) is 10.8 Å². The molecule has 1 aliphatic rings. The van der Waals surface area contributed by atoms with Crippen molar-refractivity contribution in [3.05, 3.63) is 35.4 Å². The fraction of sp³-hybridized carbons (Fsp3) is 0.308. The first-order valence-corrected chi connectivity index (χ1v) is 5.17. The third kappa shape index (κ3) is 1.64. The number of benzene rings is 1. The van der Waals surface area contributed by atoms with E-state index in [1.165, 1.54) is 7.11 Å². The van der Waals surface area contributed by atoms with Gasteiger partial charge in [0, 0.05) is 0 Å². The van der Waals surface area contributed by atoms with Crippen molar-refractivity contribution in [1.29, 1.82) is 10.5 Å². The molecule has 17 heavy (non-hydrogen) atoms. The van der Waals surface area contributed by atoms with Crippen LogP contribution in [0.3, 0.4) is 0 Å². The average Bonchev–Trinajstić information content (AvgIpc) is 3.14. The molecule has 1 aliphatic carbocycles. The summed E-state index contributed by atoms with van der Waals surface area (Å²) in [6.07, 6.45) is 0.488. The Morgan fingerprint density at radius 1 is 1.41 bits per heavy atom. The fourth-order valence-corrected chi connectivity index (χ4v) is 2.04. The number of carbonyl (C=O) groups excluding carboxylic acids is 1. The molecule has 0 N–H and O–H groups in total. The van der Waals surface area contributed by atoms with E-state index in [1.807, 2.05) is 6.07 Å². The normalized spacial score (nSPS) is 25.5. The van der Waals surface area contributed by atoms with Gasteiger partial charge in [0.15, 0.2) is 0 Å². The molecule has 1 fully saturated rings. The van der Waals surface area contributed by atoms with Gasteiger partial charge < -0.3 is 4.74 Å². The fourth-order valence-electron chi connectivity index (χ4n) is 2.04. The van der Waals surface area contributed by atoms with Gasteiger partial charge in [-0.3, -0.25) is 4.79 Å². The second-order valence-electron chi connectivity index (χ2n) is 4.05. The highest BCUT2D eigenvalue weighted by Gasteiger charge is 2.61. The van der Waals surface area contributed by atoms with Gasteiger partial charge >= 0.3 is 5.97 Å². The van der Waals surface area contributed by atoms with E-state index in [0.29, 0.717) is 12.0 Å². The lowest BCUT2D eigenvalue weighted by molar-refractivity contribution is -0.142. The van der Waals surface area contributed by atoms with Crippen LogP contribution in [-0.4, -0.2) is 13.1 Å². The average molecular weight is 226 g/mol. The molecule has 0 aromatic heterocycles. The zero-order valence-electron chi connectivity index (χ0n) is 9.30. The molecule has 2 atom stereocenters. The lowest BCUT2D eigenvalue weighted by atomic mass is 9.94. The Kier molecular flexibility index (Phi) is 2.57. The topological polar surface area (TPSA) is 73.9 Å². The zero-order chi connectivity index (χ0) is 12.5. The minimum Gasteiger partial charge on any atom is -0.469 e. The second-order valence-corrected chi connectivity index (χ2v) is 4.05. The number of nitrogens with zero attached hydrogens (tertiary/aromatic N) is 2. The zero-order valence-corrected chi connectivity index (χ0v) is 9.30. The van der Waals surface area contributed by atoms with Crippen LogP contribution in [0.2, 0.25) is 0 Å². The van der Waals surface area contributed by atoms with E-state index in [1.54, 1.807) is 24.3 Å². The van der Waals surface area contributed by atoms with Crippen LogP contribution in [0.5, 0.6) is 0 Å². The molecule has 4 nitrogen and oxygen atoms in total. The van der Waals surface area contributed by atoms with E-state index < -0.39 is 5.41 Å². The maximum absolute atomic E-state index is 11.4. The van der Waals surface area contributed by atoms with E-state index >= 15 is 0 Å². The quantitative estimate of drug-likeness (QED) is 0.716. The Balaban J connectivity index is 2.30. The molecule has 2 unspecified atom stereocenters. The summed E-state index contributed by atoms with van der Waals surface area (Å²) in [5.74, 6) is -0.735. The van der Waals surface area contributed by atoms with Crippen LogP contribution < -0.4 is 0 Å². The van der Waals surface area contributed by atoms with Gasteiger partial charge in [-0.2, -0.15) is 10.5 Å². The van der Waals surface area contributed by atoms with Gasteiger partial charge in [-0.1, -0.05) is 12.1 Å². The third-order valence-corrected chi connectivity index (χ3v) is 3.18. The van der Waals surface area contributed by atoms with Gasteiger partial charge in [0.1, 0.15) is 0 Å². The van der Waals surface area contributed by atoms with Gasteiger partial charge in [-0.05, 0) is 24.1 Å². The minimum absolute atomic E-state index is 0.351. The Morgan fingerprint density at radius 2 is 2.06 bits per heavy atom. The van der Waals surface area contributed by atoms with Crippen molar-refractivity contribution in [1.82, 2.24) is 0 Å². The maximum atomic E-state index is 11.4. The molecule has 0 amide bonds. The van der Waals surface area contributed by atoms with Crippen LogP contribution in [0.1, 0.15) is 17.5 Å². The third-order valence-electron chi connectivity index (χ3n) is 3.18. The molecule has 0 heterocycles. The first-order chi connectivity index (χ1) is 8.17. The van der Waals surface area contributed by atoms with E-state index in [9.17, 15) is 10.1 Å². The van der Waals surface area contributed by atoms with E-state index in [4.69, 9.17) is 5.26 Å². The van der Waals surface area contributed by atoms with Crippen LogP contribution >= 0.6 is 0 Å². The van der Waals surface area contributed by atoms with E-state index in [-0.39, 0.29) is 11.9 Å². The van der Waals surface area contributed by atoms with Crippen molar-refractivity contribution < 1.29 is 9.53 Å². The van der Waals surface area contributed by atoms with Crippen molar-refractivity contribution in [2.45, 2.75) is 11.8 Å². The highest BCUT2D eigenvalue weighted by Crippen LogP contribution is 2.54. The van der Waals surface area contributed by atoms with Crippen molar-refractivity contribution in [2.75, 3.05) is 7.11 Å². The van der Waals surface area contributed by atoms with Crippen LogP contribution in [-0.2, 0) is 14.9 Å². The number of hydrogen-bond acceptors (Lipinski definition) is 4. The Morgan fingerprint density at radius 3 is 2.53 bits per heavy atom. The van der Waals surface area contributed by atoms with Crippen LogP contribution in [0.25, 0.3) is 0 Å². The number of ether oxygens (including phenoxy) is 1. The predicted octanol–water partition coefficient (Wildman–Crippen LogP) is 1.51. The molecular formula is C13H10N2O2. The summed E-state index contributed by atoms with van der Waals surface area (Å²) in [7, 11) is 1.32. The van der Waals surface area contributed by atoms with Crippen molar-refractivity contribution in [2.24, 2.45) is 5.92 Å². The van der Waals surface area contributed by atoms with Crippen LogP contribution in [0, 0.1) is 28.6 Å². The lowest BCUT2D eigenvalue weighted by Crippen LogP contribution is -2.14. The van der Waals surface area contributed by atoms with Gasteiger partial charge in [-0.15, -0.1) is 0 Å². The van der Waals surface area contributed by atoms with E-state index in [0.717, 1.165) is 5.56 Å². The molecule has 84 valence electrons. The van der Waals surface area contributed by atoms with Crippen molar-refractivity contribution >= 4 is 5.97 Å². The number of carbonyl (C=O) groups is 1. The summed E-state index contributed by atoms with van der Waals surface area (Å²) in [6, 6.07) is 11.0. The molecule has 1 aromatic rings. The highest BCUT2D eigenvalue weighted by molar-refractivity contribution is 5.80. The summed E-state index contributed by atoms with van der Waals surface area (Å²) in [4.78, 5) is 11.4. The van der Waals surface area contributed by atoms with Gasteiger partial charge in [0.05, 0.1) is 36.1 Å². The van der Waals surface area contributed by atoms with Gasteiger partial charge in [-0.25, -0.2) is 0 Å². The lowest BCUT2D eigenvalue weighted by Gasteiger charge is -2.08. The number of methoxy groups -OCH3 is 1. The number of nitriles is 2. The number of rotatable bonds is 2. The molecule has 1 saturated carbocycles.